The smallest absolute Gasteiger partial charge is 0.251 e. The lowest BCUT2D eigenvalue weighted by molar-refractivity contribution is -0.120. The molecule has 6 heteroatoms. The molecular formula is C26H28N2O4. The molecule has 0 saturated heterocycles. The van der Waals surface area contributed by atoms with E-state index in [0.717, 1.165) is 35.3 Å². The van der Waals surface area contributed by atoms with Crippen LogP contribution in [0.15, 0.2) is 72.8 Å². The number of carbonyl (C=O) groups excluding carboxylic acids is 2. The minimum atomic E-state index is -0.120. The van der Waals surface area contributed by atoms with Gasteiger partial charge >= 0.3 is 0 Å². The van der Waals surface area contributed by atoms with Crippen molar-refractivity contribution < 1.29 is 19.4 Å². The summed E-state index contributed by atoms with van der Waals surface area (Å²) in [4.78, 5) is 24.5. The molecule has 0 bridgehead atoms. The Labute approximate surface area is 188 Å². The van der Waals surface area contributed by atoms with Crippen LogP contribution in [0.3, 0.4) is 0 Å². The predicted molar refractivity (Wildman–Crippen MR) is 124 cm³/mol. The number of hydrogen-bond acceptors (Lipinski definition) is 4. The SMILES string of the molecule is COc1ccc(CC(=O)NCc2ccc(C(=O)NCCCc3ccc(O)cc3)cc2)cc1. The number of rotatable bonds is 10. The van der Waals surface area contributed by atoms with E-state index < -0.39 is 0 Å². The fourth-order valence-electron chi connectivity index (χ4n) is 3.23. The van der Waals surface area contributed by atoms with Gasteiger partial charge in [-0.1, -0.05) is 36.4 Å². The van der Waals surface area contributed by atoms with Gasteiger partial charge in [-0.25, -0.2) is 0 Å². The number of hydrogen-bond donors (Lipinski definition) is 3. The quantitative estimate of drug-likeness (QED) is 0.427. The summed E-state index contributed by atoms with van der Waals surface area (Å²) in [6.45, 7) is 0.979. The zero-order valence-electron chi connectivity index (χ0n) is 18.1. The third-order valence-corrected chi connectivity index (χ3v) is 5.09. The third kappa shape index (κ3) is 7.16. The summed E-state index contributed by atoms with van der Waals surface area (Å²) >= 11 is 0. The van der Waals surface area contributed by atoms with Crippen molar-refractivity contribution in [2.75, 3.05) is 13.7 Å². The first kappa shape index (κ1) is 22.9. The van der Waals surface area contributed by atoms with Crippen LogP contribution in [0, 0.1) is 0 Å². The van der Waals surface area contributed by atoms with Crippen molar-refractivity contribution >= 4 is 11.8 Å². The van der Waals surface area contributed by atoms with E-state index in [1.165, 1.54) is 0 Å². The van der Waals surface area contributed by atoms with Crippen LogP contribution in [-0.2, 0) is 24.2 Å². The molecule has 6 nitrogen and oxygen atoms in total. The maximum Gasteiger partial charge on any atom is 0.251 e. The highest BCUT2D eigenvalue weighted by molar-refractivity contribution is 5.94. The molecule has 2 amide bonds. The van der Waals surface area contributed by atoms with Crippen molar-refractivity contribution in [3.8, 4) is 11.5 Å². The van der Waals surface area contributed by atoms with Crippen molar-refractivity contribution in [1.82, 2.24) is 10.6 Å². The molecule has 3 aromatic carbocycles. The second-order valence-electron chi connectivity index (χ2n) is 7.52. The summed E-state index contributed by atoms with van der Waals surface area (Å²) in [6.07, 6.45) is 1.94. The van der Waals surface area contributed by atoms with Gasteiger partial charge < -0.3 is 20.5 Å². The highest BCUT2D eigenvalue weighted by atomic mass is 16.5. The Bertz CT molecular complexity index is 1010. The number of nitrogens with one attached hydrogen (secondary N) is 2. The molecule has 32 heavy (non-hydrogen) atoms. The third-order valence-electron chi connectivity index (χ3n) is 5.09. The molecule has 3 aromatic rings. The van der Waals surface area contributed by atoms with E-state index in [1.54, 1.807) is 31.4 Å². The zero-order chi connectivity index (χ0) is 22.8. The van der Waals surface area contributed by atoms with Gasteiger partial charge in [-0.3, -0.25) is 9.59 Å². The number of methoxy groups -OCH3 is 1. The van der Waals surface area contributed by atoms with Gasteiger partial charge in [0, 0.05) is 18.7 Å². The van der Waals surface area contributed by atoms with E-state index in [9.17, 15) is 14.7 Å². The average molecular weight is 433 g/mol. The summed E-state index contributed by atoms with van der Waals surface area (Å²) < 4.78 is 5.12. The number of amides is 2. The number of phenols is 1. The first-order valence-corrected chi connectivity index (χ1v) is 10.6. The van der Waals surface area contributed by atoms with E-state index >= 15 is 0 Å². The van der Waals surface area contributed by atoms with Gasteiger partial charge in [0.05, 0.1) is 13.5 Å². The molecule has 0 aliphatic carbocycles. The fourth-order valence-corrected chi connectivity index (χ4v) is 3.23. The summed E-state index contributed by atoms with van der Waals surface area (Å²) in [7, 11) is 1.61. The number of phenolic OH excluding ortho intramolecular Hbond substituents is 1. The molecule has 0 aliphatic heterocycles. The number of ether oxygens (including phenoxy) is 1. The molecule has 166 valence electrons. The van der Waals surface area contributed by atoms with Crippen molar-refractivity contribution in [2.24, 2.45) is 0 Å². The van der Waals surface area contributed by atoms with Crippen LogP contribution < -0.4 is 15.4 Å². The highest BCUT2D eigenvalue weighted by Gasteiger charge is 2.07. The van der Waals surface area contributed by atoms with Crippen LogP contribution in [0.4, 0.5) is 0 Å². The Morgan fingerprint density at radius 2 is 1.44 bits per heavy atom. The molecule has 0 spiro atoms. The minimum Gasteiger partial charge on any atom is -0.508 e. The van der Waals surface area contributed by atoms with Gasteiger partial charge in [0.2, 0.25) is 5.91 Å². The molecule has 0 saturated carbocycles. The summed E-state index contributed by atoms with van der Waals surface area (Å²) in [6, 6.07) is 21.7. The predicted octanol–water partition coefficient (Wildman–Crippen LogP) is 3.62. The van der Waals surface area contributed by atoms with Gasteiger partial charge in [0.25, 0.3) is 5.91 Å². The average Bonchev–Trinajstić information content (AvgIpc) is 2.82. The molecule has 0 heterocycles. The van der Waals surface area contributed by atoms with Gasteiger partial charge in [0.1, 0.15) is 11.5 Å². The fraction of sp³-hybridized carbons (Fsp3) is 0.231. The normalized spacial score (nSPS) is 10.4. The van der Waals surface area contributed by atoms with Crippen LogP contribution in [0.2, 0.25) is 0 Å². The Hall–Kier alpha value is -3.80. The van der Waals surface area contributed by atoms with Gasteiger partial charge in [0.15, 0.2) is 0 Å². The molecule has 3 rings (SSSR count). The Morgan fingerprint density at radius 1 is 0.812 bits per heavy atom. The number of benzene rings is 3. The number of aryl methyl sites for hydroxylation is 1. The molecule has 0 atom stereocenters. The molecular weight excluding hydrogens is 404 g/mol. The highest BCUT2D eigenvalue weighted by Crippen LogP contribution is 2.12. The molecule has 0 fully saturated rings. The first-order valence-electron chi connectivity index (χ1n) is 10.6. The van der Waals surface area contributed by atoms with Crippen LogP contribution in [0.5, 0.6) is 11.5 Å². The van der Waals surface area contributed by atoms with Crippen molar-refractivity contribution in [3.63, 3.8) is 0 Å². The lowest BCUT2D eigenvalue weighted by atomic mass is 10.1. The topological polar surface area (TPSA) is 87.7 Å². The van der Waals surface area contributed by atoms with E-state index in [-0.39, 0.29) is 17.6 Å². The summed E-state index contributed by atoms with van der Waals surface area (Å²) in [5, 5.41) is 15.1. The second kappa shape index (κ2) is 11.6. The van der Waals surface area contributed by atoms with E-state index in [4.69, 9.17) is 4.74 Å². The first-order chi connectivity index (χ1) is 15.5. The molecule has 0 aliphatic rings. The second-order valence-corrected chi connectivity index (χ2v) is 7.52. The molecule has 0 radical (unpaired) electrons. The maximum atomic E-state index is 12.3. The van der Waals surface area contributed by atoms with Gasteiger partial charge in [-0.2, -0.15) is 0 Å². The van der Waals surface area contributed by atoms with Crippen molar-refractivity contribution in [2.45, 2.75) is 25.8 Å². The van der Waals surface area contributed by atoms with E-state index in [2.05, 4.69) is 10.6 Å². The Kier molecular flexibility index (Phi) is 8.26. The summed E-state index contributed by atoms with van der Waals surface area (Å²) in [5.74, 6) is 0.828. The Balaban J connectivity index is 1.38. The van der Waals surface area contributed by atoms with Crippen LogP contribution in [0.1, 0.15) is 33.5 Å². The molecule has 3 N–H and O–H groups in total. The van der Waals surface area contributed by atoms with E-state index in [1.807, 2.05) is 48.5 Å². The monoisotopic (exact) mass is 432 g/mol. The van der Waals surface area contributed by atoms with Crippen LogP contribution in [-0.4, -0.2) is 30.6 Å². The Morgan fingerprint density at radius 3 is 2.09 bits per heavy atom. The van der Waals surface area contributed by atoms with Crippen molar-refractivity contribution in [3.05, 3.63) is 95.1 Å². The summed E-state index contributed by atoms with van der Waals surface area (Å²) in [5.41, 5.74) is 3.55. The lowest BCUT2D eigenvalue weighted by Gasteiger charge is -2.08. The van der Waals surface area contributed by atoms with Gasteiger partial charge in [-0.15, -0.1) is 0 Å². The van der Waals surface area contributed by atoms with Gasteiger partial charge in [-0.05, 0) is 65.9 Å². The van der Waals surface area contributed by atoms with Crippen LogP contribution >= 0.6 is 0 Å². The minimum absolute atomic E-state index is 0.0642. The standard InChI is InChI=1S/C26H28N2O4/c1-32-24-14-8-20(9-15-24)17-25(30)28-18-21-4-10-22(11-5-21)26(31)27-16-2-3-19-6-12-23(29)13-7-19/h4-15,29H,2-3,16-18H2,1H3,(H,27,31)(H,28,30). The number of aromatic hydroxyl groups is 1. The van der Waals surface area contributed by atoms with E-state index in [0.29, 0.717) is 25.1 Å². The zero-order valence-corrected chi connectivity index (χ0v) is 18.1. The van der Waals surface area contributed by atoms with Crippen LogP contribution in [0.25, 0.3) is 0 Å². The molecule has 0 unspecified atom stereocenters. The largest absolute Gasteiger partial charge is 0.508 e. The molecule has 0 aromatic heterocycles. The van der Waals surface area contributed by atoms with Crippen molar-refractivity contribution in [1.29, 1.82) is 0 Å². The maximum absolute atomic E-state index is 12.3. The lowest BCUT2D eigenvalue weighted by Crippen LogP contribution is -2.25. The number of carbonyl (C=O) groups is 2.